The fraction of sp³-hybridized carbons (Fsp3) is 0.0714. The number of aromatic nitrogens is 2. The number of fused-ring (bicyclic) bond motifs is 3. The second kappa shape index (κ2) is 9.97. The van der Waals surface area contributed by atoms with Crippen molar-refractivity contribution in [1.29, 1.82) is 0 Å². The van der Waals surface area contributed by atoms with E-state index in [0.717, 1.165) is 0 Å². The third-order valence-electron chi connectivity index (χ3n) is 5.72. The molecule has 4 N–H and O–H groups in total. The van der Waals surface area contributed by atoms with Gasteiger partial charge in [0.1, 0.15) is 11.6 Å². The maximum Gasteiger partial charge on any atom is 0.335 e. The Morgan fingerprint density at radius 1 is 1.05 bits per heavy atom. The van der Waals surface area contributed by atoms with Crippen LogP contribution in [-0.2, 0) is 6.54 Å². The Balaban J connectivity index is 1.62. The molecule has 0 unspecified atom stereocenters. The van der Waals surface area contributed by atoms with Crippen molar-refractivity contribution in [1.82, 2.24) is 9.97 Å². The lowest BCUT2D eigenvalue weighted by molar-refractivity contribution is 0.0697. The zero-order chi connectivity index (χ0) is 25.9. The van der Waals surface area contributed by atoms with E-state index in [4.69, 9.17) is 10.8 Å². The SMILES string of the molecule is NCC#Cc1ccc2c(c1)C(c1c(F)cccc1F)=NCc1cnc(Nc3ccc(C(=O)O)cc3)nc1-2. The van der Waals surface area contributed by atoms with Crippen molar-refractivity contribution in [2.75, 3.05) is 11.9 Å². The average molecular weight is 495 g/mol. The first-order valence-electron chi connectivity index (χ1n) is 11.2. The molecule has 1 aliphatic rings. The molecule has 4 aromatic rings. The van der Waals surface area contributed by atoms with Gasteiger partial charge in [0.15, 0.2) is 0 Å². The molecule has 0 spiro atoms. The molecular weight excluding hydrogens is 476 g/mol. The molecule has 5 rings (SSSR count). The van der Waals surface area contributed by atoms with Crippen LogP contribution in [0.3, 0.4) is 0 Å². The molecule has 2 heterocycles. The topological polar surface area (TPSA) is 113 Å². The number of halogens is 2. The van der Waals surface area contributed by atoms with Gasteiger partial charge < -0.3 is 16.2 Å². The molecule has 3 aromatic carbocycles. The number of rotatable bonds is 4. The van der Waals surface area contributed by atoms with Crippen LogP contribution >= 0.6 is 0 Å². The molecule has 0 fully saturated rings. The smallest absolute Gasteiger partial charge is 0.335 e. The predicted octanol–water partition coefficient (Wildman–Crippen LogP) is 4.52. The van der Waals surface area contributed by atoms with Gasteiger partial charge in [-0.2, -0.15) is 0 Å². The molecule has 0 saturated heterocycles. The highest BCUT2D eigenvalue weighted by atomic mass is 19.1. The zero-order valence-corrected chi connectivity index (χ0v) is 19.3. The van der Waals surface area contributed by atoms with Crippen LogP contribution in [0.2, 0.25) is 0 Å². The second-order valence-corrected chi connectivity index (χ2v) is 8.10. The Kier molecular flexibility index (Phi) is 6.41. The third kappa shape index (κ3) is 4.78. The highest BCUT2D eigenvalue weighted by molar-refractivity contribution is 6.17. The monoisotopic (exact) mass is 495 g/mol. The molecule has 0 saturated carbocycles. The number of carboxylic acids is 1. The largest absolute Gasteiger partial charge is 0.478 e. The van der Waals surface area contributed by atoms with Crippen molar-refractivity contribution in [3.8, 4) is 23.1 Å². The van der Waals surface area contributed by atoms with Gasteiger partial charge in [-0.25, -0.2) is 23.5 Å². The van der Waals surface area contributed by atoms with E-state index in [-0.39, 0.29) is 35.9 Å². The molecule has 1 aliphatic heterocycles. The summed E-state index contributed by atoms with van der Waals surface area (Å²) in [6.45, 7) is 0.267. The van der Waals surface area contributed by atoms with Crippen LogP contribution in [0, 0.1) is 23.5 Å². The number of aliphatic imine (C=N–C) groups is 1. The van der Waals surface area contributed by atoms with Crippen LogP contribution in [0.5, 0.6) is 0 Å². The molecule has 182 valence electrons. The number of aromatic carboxylic acids is 1. The van der Waals surface area contributed by atoms with Gasteiger partial charge in [-0.05, 0) is 48.5 Å². The number of nitrogens with one attached hydrogen (secondary N) is 1. The molecule has 37 heavy (non-hydrogen) atoms. The van der Waals surface area contributed by atoms with E-state index in [1.165, 1.54) is 30.3 Å². The number of anilines is 2. The number of nitrogens with zero attached hydrogens (tertiary/aromatic N) is 3. The third-order valence-corrected chi connectivity index (χ3v) is 5.72. The number of carboxylic acid groups (broad SMARTS) is 1. The minimum Gasteiger partial charge on any atom is -0.478 e. The van der Waals surface area contributed by atoms with Crippen LogP contribution in [0.4, 0.5) is 20.4 Å². The van der Waals surface area contributed by atoms with E-state index in [1.807, 2.05) is 0 Å². The summed E-state index contributed by atoms with van der Waals surface area (Å²) in [5.74, 6) is 3.52. The van der Waals surface area contributed by atoms with Gasteiger partial charge in [-0.3, -0.25) is 4.99 Å². The van der Waals surface area contributed by atoms with Gasteiger partial charge in [0.05, 0.1) is 35.6 Å². The van der Waals surface area contributed by atoms with Crippen molar-refractivity contribution < 1.29 is 18.7 Å². The van der Waals surface area contributed by atoms with E-state index < -0.39 is 17.6 Å². The van der Waals surface area contributed by atoms with Gasteiger partial charge in [0.2, 0.25) is 5.95 Å². The molecule has 0 aliphatic carbocycles. The van der Waals surface area contributed by atoms with Crippen molar-refractivity contribution in [2.24, 2.45) is 10.7 Å². The van der Waals surface area contributed by atoms with Crippen molar-refractivity contribution >= 4 is 23.3 Å². The van der Waals surface area contributed by atoms with Crippen LogP contribution in [0.15, 0.2) is 71.9 Å². The Labute approximate surface area is 210 Å². The highest BCUT2D eigenvalue weighted by Crippen LogP contribution is 2.34. The maximum absolute atomic E-state index is 14.8. The van der Waals surface area contributed by atoms with E-state index in [0.29, 0.717) is 33.6 Å². The molecule has 0 amide bonds. The Morgan fingerprint density at radius 2 is 1.81 bits per heavy atom. The zero-order valence-electron chi connectivity index (χ0n) is 19.3. The standard InChI is InChI=1S/C28H19F2N5O2/c29-22-4-1-5-23(30)24(22)26-21-13-16(3-2-12-31)6-11-20(21)25-18(14-32-26)15-33-28(35-25)34-19-9-7-17(8-10-19)27(36)37/h1,4-11,13,15H,12,14,31H2,(H,36,37)(H,33,34,35). The summed E-state index contributed by atoms with van der Waals surface area (Å²) in [5, 5.41) is 12.2. The lowest BCUT2D eigenvalue weighted by Crippen LogP contribution is -2.10. The van der Waals surface area contributed by atoms with Crippen molar-refractivity contribution in [3.63, 3.8) is 0 Å². The summed E-state index contributed by atoms with van der Waals surface area (Å²) in [4.78, 5) is 24.7. The predicted molar refractivity (Wildman–Crippen MR) is 136 cm³/mol. The molecule has 1 aromatic heterocycles. The summed E-state index contributed by atoms with van der Waals surface area (Å²) in [5.41, 5.74) is 9.09. The number of benzene rings is 3. The molecule has 0 radical (unpaired) electrons. The minimum absolute atomic E-state index is 0.102. The molecular formula is C28H19F2N5O2. The van der Waals surface area contributed by atoms with E-state index in [2.05, 4.69) is 32.1 Å². The fourth-order valence-corrected chi connectivity index (χ4v) is 4.01. The van der Waals surface area contributed by atoms with Crippen LogP contribution in [0.1, 0.15) is 32.6 Å². The summed E-state index contributed by atoms with van der Waals surface area (Å²) >= 11 is 0. The number of hydrogen-bond donors (Lipinski definition) is 3. The summed E-state index contributed by atoms with van der Waals surface area (Å²) in [6.07, 6.45) is 1.60. The molecule has 0 bridgehead atoms. The minimum atomic E-state index is -1.03. The number of carbonyl (C=O) groups is 1. The van der Waals surface area contributed by atoms with Gasteiger partial charge in [0, 0.05) is 34.1 Å². The van der Waals surface area contributed by atoms with Crippen molar-refractivity contribution in [3.05, 3.63) is 106 Å². The second-order valence-electron chi connectivity index (χ2n) is 8.10. The highest BCUT2D eigenvalue weighted by Gasteiger charge is 2.25. The number of nitrogens with two attached hydrogens (primary N) is 1. The van der Waals surface area contributed by atoms with E-state index in [9.17, 15) is 13.6 Å². The van der Waals surface area contributed by atoms with Gasteiger partial charge in [0.25, 0.3) is 0 Å². The van der Waals surface area contributed by atoms with E-state index in [1.54, 1.807) is 36.5 Å². The van der Waals surface area contributed by atoms with Crippen molar-refractivity contribution in [2.45, 2.75) is 6.54 Å². The lowest BCUT2D eigenvalue weighted by Gasteiger charge is -2.13. The van der Waals surface area contributed by atoms with Crippen LogP contribution in [0.25, 0.3) is 11.3 Å². The van der Waals surface area contributed by atoms with Gasteiger partial charge in [-0.1, -0.05) is 24.0 Å². The number of hydrogen-bond acceptors (Lipinski definition) is 6. The first-order valence-corrected chi connectivity index (χ1v) is 11.2. The van der Waals surface area contributed by atoms with Gasteiger partial charge in [-0.15, -0.1) is 0 Å². The molecule has 0 atom stereocenters. The summed E-state index contributed by atoms with van der Waals surface area (Å²) in [6, 6.07) is 15.1. The molecule has 9 heteroatoms. The summed E-state index contributed by atoms with van der Waals surface area (Å²) in [7, 11) is 0. The molecule has 7 nitrogen and oxygen atoms in total. The Bertz CT molecular complexity index is 1600. The first kappa shape index (κ1) is 23.8. The first-order chi connectivity index (χ1) is 17.9. The van der Waals surface area contributed by atoms with Gasteiger partial charge >= 0.3 is 5.97 Å². The quantitative estimate of drug-likeness (QED) is 0.359. The summed E-state index contributed by atoms with van der Waals surface area (Å²) < 4.78 is 29.7. The average Bonchev–Trinajstić information content (AvgIpc) is 3.04. The fourth-order valence-electron chi connectivity index (χ4n) is 4.01. The van der Waals surface area contributed by atoms with E-state index >= 15 is 0 Å². The van der Waals surface area contributed by atoms with Crippen LogP contribution in [-0.4, -0.2) is 33.3 Å². The Hall–Kier alpha value is -4.94. The lowest BCUT2D eigenvalue weighted by atomic mass is 9.93. The maximum atomic E-state index is 14.8. The normalized spacial score (nSPS) is 11.8. The Morgan fingerprint density at radius 3 is 2.51 bits per heavy atom. The van der Waals surface area contributed by atoms with Crippen LogP contribution < -0.4 is 11.1 Å².